The molecule has 1 unspecified atom stereocenters. The largest absolute Gasteiger partial charge is 0.469 e. The Labute approximate surface area is 158 Å². The molecule has 0 amide bonds. The number of esters is 1. The predicted molar refractivity (Wildman–Crippen MR) is 104 cm³/mol. The molecule has 1 aliphatic rings. The van der Waals surface area contributed by atoms with E-state index in [1.807, 2.05) is 84.9 Å². The summed E-state index contributed by atoms with van der Waals surface area (Å²) in [6, 6.07) is 27.6. The van der Waals surface area contributed by atoms with Crippen molar-refractivity contribution in [3.8, 4) is 0 Å². The van der Waals surface area contributed by atoms with Crippen LogP contribution in [-0.2, 0) is 14.9 Å². The van der Waals surface area contributed by atoms with Gasteiger partial charge in [0, 0.05) is 5.56 Å². The number of benzene rings is 3. The van der Waals surface area contributed by atoms with Crippen molar-refractivity contribution in [1.82, 2.24) is 0 Å². The van der Waals surface area contributed by atoms with Gasteiger partial charge in [-0.3, -0.25) is 9.59 Å². The molecule has 1 atom stereocenters. The van der Waals surface area contributed by atoms with E-state index in [0.29, 0.717) is 5.56 Å². The lowest BCUT2D eigenvalue weighted by Crippen LogP contribution is -2.38. The number of ether oxygens (including phenoxy) is 1. The number of fused-ring (bicyclic) bond motifs is 1. The summed E-state index contributed by atoms with van der Waals surface area (Å²) in [6.45, 7) is 0. The van der Waals surface area contributed by atoms with Crippen molar-refractivity contribution in [2.24, 2.45) is 5.92 Å². The van der Waals surface area contributed by atoms with Crippen LogP contribution in [0.1, 0.15) is 33.5 Å². The standard InChI is InChI=1S/C24H20O3/c1-27-22(25)16-21-23(26)19-14-8-9-15-20(19)24(21,17-10-4-2-5-11-17)18-12-6-3-7-13-18/h2-15,21H,16H2,1H3. The molecule has 0 aliphatic heterocycles. The fraction of sp³-hybridized carbons (Fsp3) is 0.167. The van der Waals surface area contributed by atoms with Gasteiger partial charge >= 0.3 is 5.97 Å². The zero-order valence-corrected chi connectivity index (χ0v) is 15.1. The van der Waals surface area contributed by atoms with E-state index in [1.165, 1.54) is 7.11 Å². The first-order valence-corrected chi connectivity index (χ1v) is 9.01. The summed E-state index contributed by atoms with van der Waals surface area (Å²) < 4.78 is 4.93. The maximum Gasteiger partial charge on any atom is 0.306 e. The molecule has 0 aromatic heterocycles. The second-order valence-electron chi connectivity index (χ2n) is 6.78. The molecular formula is C24H20O3. The minimum absolute atomic E-state index is 0.0105. The van der Waals surface area contributed by atoms with Crippen LogP contribution < -0.4 is 0 Å². The lowest BCUT2D eigenvalue weighted by molar-refractivity contribution is -0.141. The minimum Gasteiger partial charge on any atom is -0.469 e. The van der Waals surface area contributed by atoms with E-state index in [1.54, 1.807) is 0 Å². The molecule has 0 saturated heterocycles. The molecule has 1 aliphatic carbocycles. The van der Waals surface area contributed by atoms with Crippen LogP contribution in [0.2, 0.25) is 0 Å². The Bertz CT molecular complexity index is 937. The maximum atomic E-state index is 13.4. The number of Topliss-reactive ketones (excluding diaryl/α,β-unsaturated/α-hetero) is 1. The molecule has 4 rings (SSSR count). The van der Waals surface area contributed by atoms with Gasteiger partial charge in [-0.1, -0.05) is 84.9 Å². The van der Waals surface area contributed by atoms with Crippen LogP contribution in [0, 0.1) is 5.92 Å². The average Bonchev–Trinajstić information content (AvgIpc) is 2.98. The summed E-state index contributed by atoms with van der Waals surface area (Å²) >= 11 is 0. The average molecular weight is 356 g/mol. The van der Waals surface area contributed by atoms with E-state index in [0.717, 1.165) is 16.7 Å². The van der Waals surface area contributed by atoms with Crippen molar-refractivity contribution in [3.63, 3.8) is 0 Å². The van der Waals surface area contributed by atoms with Crippen molar-refractivity contribution in [1.29, 1.82) is 0 Å². The highest BCUT2D eigenvalue weighted by molar-refractivity contribution is 6.07. The SMILES string of the molecule is COC(=O)CC1C(=O)c2ccccc2C1(c1ccccc1)c1ccccc1. The van der Waals surface area contributed by atoms with Gasteiger partial charge in [0.1, 0.15) is 0 Å². The number of hydrogen-bond acceptors (Lipinski definition) is 3. The van der Waals surface area contributed by atoms with Crippen LogP contribution in [0.5, 0.6) is 0 Å². The molecule has 0 bridgehead atoms. The molecule has 3 aromatic rings. The van der Waals surface area contributed by atoms with Gasteiger partial charge in [0.25, 0.3) is 0 Å². The van der Waals surface area contributed by atoms with Gasteiger partial charge in [0.2, 0.25) is 0 Å². The van der Waals surface area contributed by atoms with Crippen LogP contribution in [0.3, 0.4) is 0 Å². The summed E-state index contributed by atoms with van der Waals surface area (Å²) in [4.78, 5) is 25.6. The number of hydrogen-bond donors (Lipinski definition) is 0. The molecule has 0 heterocycles. The Kier molecular flexibility index (Phi) is 4.36. The van der Waals surface area contributed by atoms with Crippen LogP contribution in [-0.4, -0.2) is 18.9 Å². The Morgan fingerprint density at radius 3 is 1.93 bits per heavy atom. The van der Waals surface area contributed by atoms with Crippen molar-refractivity contribution >= 4 is 11.8 Å². The molecule has 3 nitrogen and oxygen atoms in total. The molecule has 3 aromatic carbocycles. The summed E-state index contributed by atoms with van der Waals surface area (Å²) in [5, 5.41) is 0. The van der Waals surface area contributed by atoms with E-state index in [-0.39, 0.29) is 18.2 Å². The minimum atomic E-state index is -0.718. The first-order chi connectivity index (χ1) is 13.2. The van der Waals surface area contributed by atoms with Gasteiger partial charge in [-0.25, -0.2) is 0 Å². The zero-order chi connectivity index (χ0) is 18.9. The summed E-state index contributed by atoms with van der Waals surface area (Å²) in [5.74, 6) is -0.937. The van der Waals surface area contributed by atoms with Crippen LogP contribution in [0.15, 0.2) is 84.9 Å². The van der Waals surface area contributed by atoms with E-state index in [9.17, 15) is 9.59 Å². The predicted octanol–water partition coefficient (Wildman–Crippen LogP) is 4.40. The number of ketones is 1. The lowest BCUT2D eigenvalue weighted by Gasteiger charge is -2.36. The highest BCUT2D eigenvalue weighted by Gasteiger charge is 2.54. The summed E-state index contributed by atoms with van der Waals surface area (Å²) in [5.41, 5.74) is 2.91. The second-order valence-corrected chi connectivity index (χ2v) is 6.78. The third kappa shape index (κ3) is 2.58. The van der Waals surface area contributed by atoms with E-state index >= 15 is 0 Å². The third-order valence-corrected chi connectivity index (χ3v) is 5.51. The Hall–Kier alpha value is -3.20. The molecule has 0 spiro atoms. The lowest BCUT2D eigenvalue weighted by atomic mass is 9.64. The van der Waals surface area contributed by atoms with E-state index in [4.69, 9.17) is 4.74 Å². The van der Waals surface area contributed by atoms with Crippen molar-refractivity contribution < 1.29 is 14.3 Å². The van der Waals surface area contributed by atoms with E-state index < -0.39 is 11.3 Å². The summed E-state index contributed by atoms with van der Waals surface area (Å²) in [7, 11) is 1.36. The van der Waals surface area contributed by atoms with Crippen molar-refractivity contribution in [2.75, 3.05) is 7.11 Å². The van der Waals surface area contributed by atoms with Gasteiger partial charge in [-0.2, -0.15) is 0 Å². The van der Waals surface area contributed by atoms with Crippen LogP contribution in [0.4, 0.5) is 0 Å². The monoisotopic (exact) mass is 356 g/mol. The second kappa shape index (κ2) is 6.84. The van der Waals surface area contributed by atoms with Crippen LogP contribution >= 0.6 is 0 Å². The Balaban J connectivity index is 2.07. The van der Waals surface area contributed by atoms with Gasteiger partial charge in [0.05, 0.1) is 24.9 Å². The fourth-order valence-corrected chi connectivity index (χ4v) is 4.39. The van der Waals surface area contributed by atoms with Gasteiger partial charge in [-0.15, -0.1) is 0 Å². The van der Waals surface area contributed by atoms with Gasteiger partial charge in [-0.05, 0) is 16.7 Å². The number of carbonyl (C=O) groups is 2. The molecule has 0 fully saturated rings. The number of methoxy groups -OCH3 is 1. The molecule has 0 N–H and O–H groups in total. The normalized spacial score (nSPS) is 17.4. The number of rotatable bonds is 4. The summed E-state index contributed by atoms with van der Waals surface area (Å²) in [6.07, 6.45) is 0.0355. The highest BCUT2D eigenvalue weighted by atomic mass is 16.5. The van der Waals surface area contributed by atoms with Crippen molar-refractivity contribution in [2.45, 2.75) is 11.8 Å². The third-order valence-electron chi connectivity index (χ3n) is 5.51. The zero-order valence-electron chi connectivity index (χ0n) is 15.1. The first kappa shape index (κ1) is 17.2. The smallest absolute Gasteiger partial charge is 0.306 e. The quantitative estimate of drug-likeness (QED) is 0.651. The molecule has 134 valence electrons. The Morgan fingerprint density at radius 2 is 1.37 bits per heavy atom. The molecule has 27 heavy (non-hydrogen) atoms. The van der Waals surface area contributed by atoms with Crippen LogP contribution in [0.25, 0.3) is 0 Å². The van der Waals surface area contributed by atoms with Gasteiger partial charge in [0.15, 0.2) is 5.78 Å². The first-order valence-electron chi connectivity index (χ1n) is 9.01. The molecule has 0 saturated carbocycles. The van der Waals surface area contributed by atoms with Crippen molar-refractivity contribution in [3.05, 3.63) is 107 Å². The number of carbonyl (C=O) groups excluding carboxylic acids is 2. The molecular weight excluding hydrogens is 336 g/mol. The highest BCUT2D eigenvalue weighted by Crippen LogP contribution is 2.53. The Morgan fingerprint density at radius 1 is 0.852 bits per heavy atom. The maximum absolute atomic E-state index is 13.4. The van der Waals surface area contributed by atoms with E-state index in [2.05, 4.69) is 0 Å². The van der Waals surface area contributed by atoms with Gasteiger partial charge < -0.3 is 4.74 Å². The molecule has 3 heteroatoms. The fourth-order valence-electron chi connectivity index (χ4n) is 4.39. The topological polar surface area (TPSA) is 43.4 Å². The molecule has 0 radical (unpaired) electrons.